The van der Waals surface area contributed by atoms with E-state index in [9.17, 15) is 14.4 Å². The molecule has 0 bridgehead atoms. The third kappa shape index (κ3) is 7.54. The summed E-state index contributed by atoms with van der Waals surface area (Å²) in [5, 5.41) is 3.86. The second kappa shape index (κ2) is 13.4. The lowest BCUT2D eigenvalue weighted by Gasteiger charge is -2.26. The number of thioether (sulfide) groups is 1. The van der Waals surface area contributed by atoms with Gasteiger partial charge in [0, 0.05) is 31.7 Å². The van der Waals surface area contributed by atoms with Crippen molar-refractivity contribution in [2.24, 2.45) is 0 Å². The summed E-state index contributed by atoms with van der Waals surface area (Å²) in [5.41, 5.74) is 3.96. The van der Waals surface area contributed by atoms with Gasteiger partial charge in [0.15, 0.2) is 22.4 Å². The van der Waals surface area contributed by atoms with Gasteiger partial charge >= 0.3 is 0 Å². The Balaban J connectivity index is 1.33. The van der Waals surface area contributed by atoms with Gasteiger partial charge in [-0.2, -0.15) is 5.01 Å². The number of carbonyl (C=O) groups excluding carboxylic acids is 3. The Morgan fingerprint density at radius 1 is 1.11 bits per heavy atom. The summed E-state index contributed by atoms with van der Waals surface area (Å²) in [4.78, 5) is 40.0. The number of benzene rings is 2. The van der Waals surface area contributed by atoms with Crippen LogP contribution in [0.4, 0.5) is 5.69 Å². The lowest BCUT2D eigenvalue weighted by molar-refractivity contribution is -0.133. The molecule has 2 aliphatic heterocycles. The van der Waals surface area contributed by atoms with E-state index >= 15 is 0 Å². The highest BCUT2D eigenvalue weighted by Crippen LogP contribution is 2.34. The Morgan fingerprint density at radius 3 is 2.61 bits per heavy atom. The number of hydrogen-bond donors (Lipinski definition) is 2. The fraction of sp³-hybridized carbons (Fsp3) is 0.308. The highest BCUT2D eigenvalue weighted by Gasteiger charge is 2.33. The van der Waals surface area contributed by atoms with Crippen LogP contribution in [0.15, 0.2) is 53.4 Å². The minimum atomic E-state index is -0.406. The van der Waals surface area contributed by atoms with Crippen LogP contribution in [0.1, 0.15) is 12.0 Å². The molecule has 2 aromatic carbocycles. The van der Waals surface area contributed by atoms with Crippen molar-refractivity contribution in [2.45, 2.75) is 6.42 Å². The van der Waals surface area contributed by atoms with Crippen molar-refractivity contribution < 1.29 is 28.6 Å². The van der Waals surface area contributed by atoms with Crippen molar-refractivity contribution in [3.05, 3.63) is 59.0 Å². The van der Waals surface area contributed by atoms with Gasteiger partial charge < -0.3 is 19.5 Å². The number of ether oxygens (including phenoxy) is 3. The molecule has 0 spiro atoms. The molecule has 2 aromatic rings. The minimum Gasteiger partial charge on any atom is -0.493 e. The van der Waals surface area contributed by atoms with Gasteiger partial charge in [-0.1, -0.05) is 36.0 Å². The van der Waals surface area contributed by atoms with Crippen LogP contribution in [-0.2, 0) is 19.1 Å². The van der Waals surface area contributed by atoms with Crippen molar-refractivity contribution >= 4 is 57.8 Å². The van der Waals surface area contributed by atoms with E-state index in [0.717, 1.165) is 29.9 Å². The maximum Gasteiger partial charge on any atom is 0.285 e. The molecule has 2 aliphatic rings. The SMILES string of the molecule is COc1cc(C=C2SC(=S)N(NC(=O)CCN3CCOCC3)C2=O)ccc1OCC(=O)Nc1ccccc1. The van der Waals surface area contributed by atoms with E-state index in [1.807, 2.05) is 18.2 Å². The van der Waals surface area contributed by atoms with Gasteiger partial charge in [-0.15, -0.1) is 0 Å². The Bertz CT molecular complexity index is 1220. The van der Waals surface area contributed by atoms with E-state index < -0.39 is 5.91 Å². The number of rotatable bonds is 10. The molecule has 0 radical (unpaired) electrons. The van der Waals surface area contributed by atoms with Crippen molar-refractivity contribution in [1.29, 1.82) is 0 Å². The first-order chi connectivity index (χ1) is 18.4. The zero-order valence-electron chi connectivity index (χ0n) is 20.8. The van der Waals surface area contributed by atoms with Crippen LogP contribution in [-0.4, -0.2) is 78.5 Å². The molecule has 0 saturated carbocycles. The molecule has 2 N–H and O–H groups in total. The zero-order chi connectivity index (χ0) is 26.9. The average Bonchev–Trinajstić information content (AvgIpc) is 3.19. The molecular weight excluding hydrogens is 528 g/mol. The first kappa shape index (κ1) is 27.6. The first-order valence-electron chi connectivity index (χ1n) is 12.0. The zero-order valence-corrected chi connectivity index (χ0v) is 22.4. The largest absolute Gasteiger partial charge is 0.493 e. The molecule has 3 amide bonds. The molecule has 2 saturated heterocycles. The summed E-state index contributed by atoms with van der Waals surface area (Å²) in [7, 11) is 1.49. The van der Waals surface area contributed by atoms with Crippen LogP contribution in [0.25, 0.3) is 6.08 Å². The van der Waals surface area contributed by atoms with Gasteiger partial charge in [0.05, 0.1) is 25.2 Å². The van der Waals surface area contributed by atoms with Crippen molar-refractivity contribution in [2.75, 3.05) is 51.9 Å². The summed E-state index contributed by atoms with van der Waals surface area (Å²) >= 11 is 6.42. The lowest BCUT2D eigenvalue weighted by Crippen LogP contribution is -2.46. The second-order valence-corrected chi connectivity index (χ2v) is 10.0. The Labute approximate surface area is 230 Å². The van der Waals surface area contributed by atoms with E-state index in [1.165, 1.54) is 7.11 Å². The highest BCUT2D eigenvalue weighted by atomic mass is 32.2. The molecule has 0 aliphatic carbocycles. The van der Waals surface area contributed by atoms with Crippen molar-refractivity contribution in [3.63, 3.8) is 0 Å². The Hall–Kier alpha value is -3.45. The number of nitrogens with zero attached hydrogens (tertiary/aromatic N) is 2. The molecule has 0 aromatic heterocycles. The van der Waals surface area contributed by atoms with Crippen LogP contribution < -0.4 is 20.2 Å². The van der Waals surface area contributed by atoms with E-state index in [-0.39, 0.29) is 29.2 Å². The van der Waals surface area contributed by atoms with Gasteiger partial charge in [-0.25, -0.2) is 0 Å². The summed E-state index contributed by atoms with van der Waals surface area (Å²) in [5.74, 6) is -0.214. The van der Waals surface area contributed by atoms with Crippen LogP contribution in [0, 0.1) is 0 Å². The van der Waals surface area contributed by atoms with Crippen molar-refractivity contribution in [1.82, 2.24) is 15.3 Å². The summed E-state index contributed by atoms with van der Waals surface area (Å²) in [6.45, 7) is 3.26. The number of amides is 3. The van der Waals surface area contributed by atoms with Gasteiger partial charge in [0.1, 0.15) is 0 Å². The maximum absolute atomic E-state index is 12.9. The van der Waals surface area contributed by atoms with Gasteiger partial charge in [-0.05, 0) is 48.1 Å². The number of anilines is 1. The predicted octanol–water partition coefficient (Wildman–Crippen LogP) is 2.67. The summed E-state index contributed by atoms with van der Waals surface area (Å²) in [6.07, 6.45) is 1.91. The third-order valence-corrected chi connectivity index (χ3v) is 6.99. The molecule has 2 heterocycles. The number of nitrogens with one attached hydrogen (secondary N) is 2. The van der Waals surface area contributed by atoms with Gasteiger partial charge in [0.25, 0.3) is 11.8 Å². The number of morpholine rings is 1. The number of carbonyl (C=O) groups is 3. The van der Waals surface area contributed by atoms with Crippen LogP contribution in [0.2, 0.25) is 0 Å². The highest BCUT2D eigenvalue weighted by molar-refractivity contribution is 8.26. The number of methoxy groups -OCH3 is 1. The van der Waals surface area contributed by atoms with E-state index in [1.54, 1.807) is 36.4 Å². The number of thiocarbonyl (C=S) groups is 1. The van der Waals surface area contributed by atoms with Crippen molar-refractivity contribution in [3.8, 4) is 11.5 Å². The number of hydrogen-bond acceptors (Lipinski definition) is 9. The van der Waals surface area contributed by atoms with E-state index in [2.05, 4.69) is 15.6 Å². The molecule has 12 heteroatoms. The lowest BCUT2D eigenvalue weighted by atomic mass is 10.2. The summed E-state index contributed by atoms with van der Waals surface area (Å²) < 4.78 is 16.6. The monoisotopic (exact) mass is 556 g/mol. The van der Waals surface area contributed by atoms with Crippen LogP contribution >= 0.6 is 24.0 Å². The molecular formula is C26H28N4O6S2. The van der Waals surface area contributed by atoms with Gasteiger partial charge in [-0.3, -0.25) is 24.7 Å². The smallest absolute Gasteiger partial charge is 0.285 e. The van der Waals surface area contributed by atoms with Gasteiger partial charge in [0.2, 0.25) is 5.91 Å². The normalized spacial score (nSPS) is 17.0. The second-order valence-electron chi connectivity index (χ2n) is 8.37. The van der Waals surface area contributed by atoms with E-state index in [4.69, 9.17) is 26.4 Å². The quantitative estimate of drug-likeness (QED) is 0.337. The Morgan fingerprint density at radius 2 is 1.87 bits per heavy atom. The number of hydrazine groups is 1. The molecule has 2 fully saturated rings. The predicted molar refractivity (Wildman–Crippen MR) is 149 cm³/mol. The molecule has 0 atom stereocenters. The third-order valence-electron chi connectivity index (χ3n) is 5.69. The summed E-state index contributed by atoms with van der Waals surface area (Å²) in [6, 6.07) is 14.2. The minimum absolute atomic E-state index is 0.200. The molecule has 200 valence electrons. The fourth-order valence-electron chi connectivity index (χ4n) is 3.74. The van der Waals surface area contributed by atoms with Crippen LogP contribution in [0.3, 0.4) is 0 Å². The molecule has 38 heavy (non-hydrogen) atoms. The molecule has 0 unspecified atom stereocenters. The standard InChI is InChI=1S/C26H28N4O6S2/c1-34-21-15-18(7-8-20(21)36-17-24(32)27-19-5-3-2-4-6-19)16-22-25(33)30(26(37)38-22)28-23(31)9-10-29-11-13-35-14-12-29/h2-8,15-16H,9-14,17H2,1H3,(H,27,32)(H,28,31). The fourth-order valence-corrected chi connectivity index (χ4v) is 4.92. The first-order valence-corrected chi connectivity index (χ1v) is 13.2. The topological polar surface area (TPSA) is 109 Å². The van der Waals surface area contributed by atoms with Crippen LogP contribution in [0.5, 0.6) is 11.5 Å². The molecule has 4 rings (SSSR count). The maximum atomic E-state index is 12.9. The number of para-hydroxylation sites is 1. The average molecular weight is 557 g/mol. The Kier molecular flexibility index (Phi) is 9.71. The van der Waals surface area contributed by atoms with E-state index in [0.29, 0.717) is 47.4 Å². The molecule has 10 nitrogen and oxygen atoms in total.